The van der Waals surface area contributed by atoms with Gasteiger partial charge < -0.3 is 5.11 Å². The highest BCUT2D eigenvalue weighted by Gasteiger charge is 2.11. The first kappa shape index (κ1) is 18.7. The monoisotopic (exact) mass is 365 g/mol. The molecule has 0 spiro atoms. The summed E-state index contributed by atoms with van der Waals surface area (Å²) in [5.41, 5.74) is 5.71. The highest BCUT2D eigenvalue weighted by Crippen LogP contribution is 2.27. The average Bonchev–Trinajstić information content (AvgIpc) is 2.65. The second-order valence-corrected chi connectivity index (χ2v) is 7.22. The molecule has 0 aliphatic carbocycles. The molecule has 26 heavy (non-hydrogen) atoms. The number of hydrogen-bond donors (Lipinski definition) is 1. The number of nitrogens with zero attached hydrogens (tertiary/aromatic N) is 1. The third kappa shape index (κ3) is 4.73. The Morgan fingerprint density at radius 3 is 2.35 bits per heavy atom. The minimum atomic E-state index is -0.477. The van der Waals surface area contributed by atoms with Gasteiger partial charge in [-0.05, 0) is 53.9 Å². The fourth-order valence-corrected chi connectivity index (χ4v) is 3.32. The van der Waals surface area contributed by atoms with E-state index in [1.165, 1.54) is 16.7 Å². The molecule has 0 saturated heterocycles. The fourth-order valence-electron chi connectivity index (χ4n) is 3.15. The van der Waals surface area contributed by atoms with Gasteiger partial charge in [0.15, 0.2) is 0 Å². The van der Waals surface area contributed by atoms with Crippen molar-refractivity contribution in [1.29, 1.82) is 0 Å². The van der Waals surface area contributed by atoms with Crippen molar-refractivity contribution < 1.29 is 5.11 Å². The van der Waals surface area contributed by atoms with E-state index in [0.29, 0.717) is 6.54 Å². The molecule has 134 valence electrons. The summed E-state index contributed by atoms with van der Waals surface area (Å²) < 4.78 is 0. The number of benzene rings is 3. The zero-order valence-electron chi connectivity index (χ0n) is 15.2. The predicted molar refractivity (Wildman–Crippen MR) is 109 cm³/mol. The van der Waals surface area contributed by atoms with Crippen molar-refractivity contribution in [1.82, 2.24) is 4.90 Å². The maximum atomic E-state index is 10.4. The summed E-state index contributed by atoms with van der Waals surface area (Å²) in [5.74, 6) is 0. The Bertz CT molecular complexity index is 846. The summed E-state index contributed by atoms with van der Waals surface area (Å²) in [7, 11) is 2.03. The van der Waals surface area contributed by atoms with Crippen molar-refractivity contribution in [3.05, 3.63) is 94.5 Å². The summed E-state index contributed by atoms with van der Waals surface area (Å²) >= 11 is 6.14. The van der Waals surface area contributed by atoms with Gasteiger partial charge >= 0.3 is 0 Å². The lowest BCUT2D eigenvalue weighted by atomic mass is 9.99. The molecule has 3 aromatic rings. The number of aliphatic hydroxyl groups excluding tert-OH is 1. The molecule has 1 atom stereocenters. The van der Waals surface area contributed by atoms with Crippen LogP contribution in [0.2, 0.25) is 5.02 Å². The van der Waals surface area contributed by atoms with Crippen molar-refractivity contribution in [2.75, 3.05) is 13.6 Å². The van der Waals surface area contributed by atoms with Gasteiger partial charge in [-0.1, -0.05) is 72.3 Å². The van der Waals surface area contributed by atoms with Crippen LogP contribution in [0.5, 0.6) is 0 Å². The van der Waals surface area contributed by atoms with Crippen LogP contribution in [0, 0.1) is 6.92 Å². The molecular weight excluding hydrogens is 342 g/mol. The molecule has 0 bridgehead atoms. The predicted octanol–water partition coefficient (Wildman–Crippen LogP) is 5.48. The van der Waals surface area contributed by atoms with Gasteiger partial charge in [0.1, 0.15) is 0 Å². The molecule has 1 unspecified atom stereocenters. The van der Waals surface area contributed by atoms with Crippen LogP contribution in [0.1, 0.15) is 22.8 Å². The van der Waals surface area contributed by atoms with Gasteiger partial charge in [-0.25, -0.2) is 0 Å². The summed E-state index contributed by atoms with van der Waals surface area (Å²) in [6.07, 6.45) is -0.477. The standard InChI is InChI=1S/C23H24ClNO/c1-17-8-13-21(24)14-22(17)19-11-9-18(10-12-19)15-25(2)16-23(26)20-6-4-3-5-7-20/h3-14,23,26H,15-16H2,1-2H3. The maximum absolute atomic E-state index is 10.4. The zero-order chi connectivity index (χ0) is 18.5. The number of likely N-dealkylation sites (N-methyl/N-ethyl adjacent to an activating group) is 1. The molecule has 3 rings (SSSR count). The van der Waals surface area contributed by atoms with Gasteiger partial charge in [0.2, 0.25) is 0 Å². The van der Waals surface area contributed by atoms with E-state index in [1.807, 2.05) is 55.6 Å². The van der Waals surface area contributed by atoms with Crippen LogP contribution in [0.4, 0.5) is 0 Å². The van der Waals surface area contributed by atoms with Crippen LogP contribution < -0.4 is 0 Å². The van der Waals surface area contributed by atoms with Gasteiger partial charge in [-0.2, -0.15) is 0 Å². The lowest BCUT2D eigenvalue weighted by molar-refractivity contribution is 0.124. The highest BCUT2D eigenvalue weighted by molar-refractivity contribution is 6.30. The van der Waals surface area contributed by atoms with Crippen LogP contribution >= 0.6 is 11.6 Å². The maximum Gasteiger partial charge on any atom is 0.0916 e. The molecule has 2 nitrogen and oxygen atoms in total. The fraction of sp³-hybridized carbons (Fsp3) is 0.217. The normalized spacial score (nSPS) is 12.3. The number of aryl methyl sites for hydroxylation is 1. The lowest BCUT2D eigenvalue weighted by Crippen LogP contribution is -2.24. The molecule has 0 heterocycles. The van der Waals surface area contributed by atoms with Gasteiger partial charge in [-0.15, -0.1) is 0 Å². The Morgan fingerprint density at radius 2 is 1.65 bits per heavy atom. The first-order valence-electron chi connectivity index (χ1n) is 8.80. The van der Waals surface area contributed by atoms with E-state index >= 15 is 0 Å². The first-order valence-corrected chi connectivity index (χ1v) is 9.18. The van der Waals surface area contributed by atoms with Gasteiger partial charge in [0.05, 0.1) is 6.10 Å². The SMILES string of the molecule is Cc1ccc(Cl)cc1-c1ccc(CN(C)CC(O)c2ccccc2)cc1. The summed E-state index contributed by atoms with van der Waals surface area (Å²) in [6.45, 7) is 3.48. The minimum absolute atomic E-state index is 0.477. The van der Waals surface area contributed by atoms with Gasteiger partial charge in [0, 0.05) is 18.1 Å². The molecule has 0 aliphatic rings. The third-order valence-electron chi connectivity index (χ3n) is 4.59. The first-order chi connectivity index (χ1) is 12.5. The number of halogens is 1. The number of hydrogen-bond acceptors (Lipinski definition) is 2. The second kappa shape index (κ2) is 8.50. The van der Waals surface area contributed by atoms with Gasteiger partial charge in [-0.3, -0.25) is 4.90 Å². The molecule has 3 heteroatoms. The molecule has 0 aromatic heterocycles. The van der Waals surface area contributed by atoms with Crippen molar-refractivity contribution in [3.63, 3.8) is 0 Å². The Hall–Kier alpha value is -2.13. The number of aliphatic hydroxyl groups is 1. The van der Waals surface area contributed by atoms with E-state index in [4.69, 9.17) is 11.6 Å². The molecule has 3 aromatic carbocycles. The van der Waals surface area contributed by atoms with E-state index in [0.717, 1.165) is 22.7 Å². The molecular formula is C23H24ClNO. The van der Waals surface area contributed by atoms with E-state index in [-0.39, 0.29) is 0 Å². The molecule has 0 radical (unpaired) electrons. The molecule has 0 saturated carbocycles. The van der Waals surface area contributed by atoms with Crippen molar-refractivity contribution >= 4 is 11.6 Å². The van der Waals surface area contributed by atoms with Crippen LogP contribution in [0.25, 0.3) is 11.1 Å². The van der Waals surface area contributed by atoms with Crippen molar-refractivity contribution in [2.45, 2.75) is 19.6 Å². The van der Waals surface area contributed by atoms with Crippen LogP contribution in [-0.4, -0.2) is 23.6 Å². The van der Waals surface area contributed by atoms with Crippen LogP contribution in [0.3, 0.4) is 0 Å². The Morgan fingerprint density at radius 1 is 0.962 bits per heavy atom. The topological polar surface area (TPSA) is 23.5 Å². The second-order valence-electron chi connectivity index (χ2n) is 6.78. The number of rotatable bonds is 6. The van der Waals surface area contributed by atoms with Crippen LogP contribution in [0.15, 0.2) is 72.8 Å². The zero-order valence-corrected chi connectivity index (χ0v) is 15.9. The van der Waals surface area contributed by atoms with Crippen LogP contribution in [-0.2, 0) is 6.54 Å². The minimum Gasteiger partial charge on any atom is -0.387 e. The summed E-state index contributed by atoms with van der Waals surface area (Å²) in [5, 5.41) is 11.1. The van der Waals surface area contributed by atoms with E-state index in [1.54, 1.807) is 0 Å². The average molecular weight is 366 g/mol. The summed E-state index contributed by atoms with van der Waals surface area (Å²) in [4.78, 5) is 2.14. The van der Waals surface area contributed by atoms with Gasteiger partial charge in [0.25, 0.3) is 0 Å². The Labute approximate surface area is 160 Å². The van der Waals surface area contributed by atoms with E-state index in [9.17, 15) is 5.11 Å². The quantitative estimate of drug-likeness (QED) is 0.625. The third-order valence-corrected chi connectivity index (χ3v) is 4.82. The van der Waals surface area contributed by atoms with E-state index < -0.39 is 6.10 Å². The van der Waals surface area contributed by atoms with Crippen molar-refractivity contribution in [2.24, 2.45) is 0 Å². The molecule has 0 aliphatic heterocycles. The molecule has 0 fully saturated rings. The van der Waals surface area contributed by atoms with E-state index in [2.05, 4.69) is 36.1 Å². The summed E-state index contributed by atoms with van der Waals surface area (Å²) in [6, 6.07) is 24.3. The largest absolute Gasteiger partial charge is 0.387 e. The molecule has 1 N–H and O–H groups in total. The smallest absolute Gasteiger partial charge is 0.0916 e. The highest BCUT2D eigenvalue weighted by atomic mass is 35.5. The Balaban J connectivity index is 1.64. The lowest BCUT2D eigenvalue weighted by Gasteiger charge is -2.21. The van der Waals surface area contributed by atoms with Crippen molar-refractivity contribution in [3.8, 4) is 11.1 Å². The molecule has 0 amide bonds. The Kier molecular flexibility index (Phi) is 6.10.